The van der Waals surface area contributed by atoms with E-state index in [-0.39, 0.29) is 0 Å². The van der Waals surface area contributed by atoms with Gasteiger partial charge in [-0.25, -0.2) is 28.1 Å². The first kappa shape index (κ1) is 21.8. The van der Waals surface area contributed by atoms with Gasteiger partial charge in [0.05, 0.1) is 5.56 Å². The molecule has 10 heteroatoms. The van der Waals surface area contributed by atoms with E-state index in [9.17, 15) is 18.0 Å². The molecule has 0 unspecified atom stereocenters. The van der Waals surface area contributed by atoms with Crippen LogP contribution in [0.3, 0.4) is 0 Å². The Labute approximate surface area is 186 Å². The van der Waals surface area contributed by atoms with Crippen LogP contribution in [-0.4, -0.2) is 20.9 Å². The lowest BCUT2D eigenvalue weighted by molar-refractivity contribution is 0.102. The van der Waals surface area contributed by atoms with Crippen LogP contribution in [-0.2, 0) is 0 Å². The predicted molar refractivity (Wildman–Crippen MR) is 118 cm³/mol. The standard InChI is InChI=1S/C23H17F3N6O/c1-13-8-9-27-18(10-13)32-20-11-19(28-12-29-20)30-14-2-4-15(5-3-14)31-23(33)16-6-7-17(24)22(26)21(16)25/h2-12H,1H3,(H,31,33)(H2,27,28,29,30,32). The van der Waals surface area contributed by atoms with Gasteiger partial charge in [0.25, 0.3) is 5.91 Å². The lowest BCUT2D eigenvalue weighted by atomic mass is 10.1. The van der Waals surface area contributed by atoms with E-state index in [1.54, 1.807) is 36.5 Å². The van der Waals surface area contributed by atoms with Crippen molar-refractivity contribution in [2.75, 3.05) is 16.0 Å². The Morgan fingerprint density at radius 3 is 2.15 bits per heavy atom. The molecule has 166 valence electrons. The second kappa shape index (κ2) is 9.35. The molecule has 0 bridgehead atoms. The van der Waals surface area contributed by atoms with Gasteiger partial charge in [-0.3, -0.25) is 4.79 Å². The van der Waals surface area contributed by atoms with E-state index in [4.69, 9.17) is 0 Å². The molecule has 0 saturated carbocycles. The van der Waals surface area contributed by atoms with E-state index in [1.165, 1.54) is 6.33 Å². The number of carbonyl (C=O) groups excluding carboxylic acids is 1. The number of carbonyl (C=O) groups is 1. The van der Waals surface area contributed by atoms with Gasteiger partial charge in [0, 0.05) is 23.6 Å². The number of hydrogen-bond acceptors (Lipinski definition) is 6. The van der Waals surface area contributed by atoms with Gasteiger partial charge in [-0.1, -0.05) is 0 Å². The molecule has 0 aliphatic heterocycles. The molecular formula is C23H17F3N6O. The van der Waals surface area contributed by atoms with Crippen LogP contribution in [0.2, 0.25) is 0 Å². The maximum atomic E-state index is 13.8. The van der Waals surface area contributed by atoms with Crippen molar-refractivity contribution < 1.29 is 18.0 Å². The number of hydrogen-bond donors (Lipinski definition) is 3. The molecule has 0 spiro atoms. The lowest BCUT2D eigenvalue weighted by Crippen LogP contribution is -2.15. The van der Waals surface area contributed by atoms with Crippen LogP contribution in [0.5, 0.6) is 0 Å². The summed E-state index contributed by atoms with van der Waals surface area (Å²) in [4.78, 5) is 24.8. The van der Waals surface area contributed by atoms with Gasteiger partial charge in [0.2, 0.25) is 0 Å². The normalized spacial score (nSPS) is 10.5. The van der Waals surface area contributed by atoms with Gasteiger partial charge in [0.15, 0.2) is 17.5 Å². The number of halogens is 3. The summed E-state index contributed by atoms with van der Waals surface area (Å²) in [5, 5.41) is 8.64. The molecule has 0 aliphatic rings. The summed E-state index contributed by atoms with van der Waals surface area (Å²) in [5.41, 5.74) is 1.45. The Morgan fingerprint density at radius 1 is 0.758 bits per heavy atom. The SMILES string of the molecule is Cc1ccnc(Nc2cc(Nc3ccc(NC(=O)c4ccc(F)c(F)c4F)cc3)ncn2)c1. The Bertz CT molecular complexity index is 1310. The van der Waals surface area contributed by atoms with Crippen molar-refractivity contribution >= 4 is 34.7 Å². The quantitative estimate of drug-likeness (QED) is 0.344. The number of pyridine rings is 1. The third-order valence-electron chi connectivity index (χ3n) is 4.53. The number of aryl methyl sites for hydroxylation is 1. The first-order chi connectivity index (χ1) is 15.9. The zero-order chi connectivity index (χ0) is 23.4. The minimum Gasteiger partial charge on any atom is -0.340 e. The van der Waals surface area contributed by atoms with Crippen LogP contribution in [0.1, 0.15) is 15.9 Å². The third-order valence-corrected chi connectivity index (χ3v) is 4.53. The molecule has 2 aromatic heterocycles. The fourth-order valence-electron chi connectivity index (χ4n) is 2.91. The van der Waals surface area contributed by atoms with E-state index in [0.717, 1.165) is 11.6 Å². The van der Waals surface area contributed by atoms with Crippen LogP contribution in [0, 0.1) is 24.4 Å². The fraction of sp³-hybridized carbons (Fsp3) is 0.0435. The number of amides is 1. The van der Waals surface area contributed by atoms with Crippen LogP contribution in [0.4, 0.5) is 42.0 Å². The Morgan fingerprint density at radius 2 is 1.42 bits per heavy atom. The van der Waals surface area contributed by atoms with Crippen molar-refractivity contribution in [2.24, 2.45) is 0 Å². The highest BCUT2D eigenvalue weighted by Crippen LogP contribution is 2.22. The van der Waals surface area contributed by atoms with Crippen molar-refractivity contribution in [3.63, 3.8) is 0 Å². The van der Waals surface area contributed by atoms with Crippen LogP contribution >= 0.6 is 0 Å². The zero-order valence-corrected chi connectivity index (χ0v) is 17.2. The summed E-state index contributed by atoms with van der Waals surface area (Å²) in [5.74, 6) is -3.79. The highest BCUT2D eigenvalue weighted by molar-refractivity contribution is 6.04. The molecule has 2 heterocycles. The average Bonchev–Trinajstić information content (AvgIpc) is 2.79. The Hall–Kier alpha value is -4.47. The third kappa shape index (κ3) is 5.24. The predicted octanol–water partition coefficient (Wildman–Crippen LogP) is 5.34. The van der Waals surface area contributed by atoms with E-state index in [2.05, 4.69) is 30.9 Å². The fourth-order valence-corrected chi connectivity index (χ4v) is 2.91. The van der Waals surface area contributed by atoms with E-state index >= 15 is 0 Å². The summed E-state index contributed by atoms with van der Waals surface area (Å²) in [6, 6.07) is 13.5. The topological polar surface area (TPSA) is 91.8 Å². The Balaban J connectivity index is 1.42. The minimum atomic E-state index is -1.70. The molecule has 0 radical (unpaired) electrons. The summed E-state index contributed by atoms with van der Waals surface area (Å²) < 4.78 is 40.2. The first-order valence-corrected chi connectivity index (χ1v) is 9.73. The number of benzene rings is 2. The zero-order valence-electron chi connectivity index (χ0n) is 17.2. The van der Waals surface area contributed by atoms with Gasteiger partial charge in [-0.05, 0) is 61.0 Å². The molecule has 7 nitrogen and oxygen atoms in total. The second-order valence-electron chi connectivity index (χ2n) is 7.01. The lowest BCUT2D eigenvalue weighted by Gasteiger charge is -2.10. The van der Waals surface area contributed by atoms with E-state index in [1.807, 2.05) is 19.1 Å². The monoisotopic (exact) mass is 450 g/mol. The first-order valence-electron chi connectivity index (χ1n) is 9.73. The molecule has 3 N–H and O–H groups in total. The maximum absolute atomic E-state index is 13.8. The molecule has 2 aromatic carbocycles. The van der Waals surface area contributed by atoms with Gasteiger partial charge in [-0.2, -0.15) is 0 Å². The molecule has 0 saturated heterocycles. The van der Waals surface area contributed by atoms with Crippen molar-refractivity contribution in [1.29, 1.82) is 0 Å². The van der Waals surface area contributed by atoms with Crippen molar-refractivity contribution in [1.82, 2.24) is 15.0 Å². The molecular weight excluding hydrogens is 433 g/mol. The number of aromatic nitrogens is 3. The van der Waals surface area contributed by atoms with E-state index in [0.29, 0.717) is 34.9 Å². The van der Waals surface area contributed by atoms with Crippen molar-refractivity contribution in [3.05, 3.63) is 95.7 Å². The smallest absolute Gasteiger partial charge is 0.258 e. The van der Waals surface area contributed by atoms with Crippen LogP contribution in [0.25, 0.3) is 0 Å². The van der Waals surface area contributed by atoms with Crippen LogP contribution in [0.15, 0.2) is 67.1 Å². The Kier molecular flexibility index (Phi) is 6.16. The molecule has 33 heavy (non-hydrogen) atoms. The summed E-state index contributed by atoms with van der Waals surface area (Å²) >= 11 is 0. The molecule has 0 aliphatic carbocycles. The molecule has 4 aromatic rings. The van der Waals surface area contributed by atoms with Crippen molar-refractivity contribution in [3.8, 4) is 0 Å². The number of anilines is 5. The second-order valence-corrected chi connectivity index (χ2v) is 7.01. The minimum absolute atomic E-state index is 0.338. The van der Waals surface area contributed by atoms with E-state index < -0.39 is 28.9 Å². The highest BCUT2D eigenvalue weighted by atomic mass is 19.2. The number of nitrogens with zero attached hydrogens (tertiary/aromatic N) is 3. The molecule has 1 amide bonds. The van der Waals surface area contributed by atoms with Crippen molar-refractivity contribution in [2.45, 2.75) is 6.92 Å². The number of rotatable bonds is 6. The van der Waals surface area contributed by atoms with Gasteiger partial charge >= 0.3 is 0 Å². The van der Waals surface area contributed by atoms with Gasteiger partial charge in [0.1, 0.15) is 23.8 Å². The summed E-state index contributed by atoms with van der Waals surface area (Å²) in [6.45, 7) is 1.96. The van der Waals surface area contributed by atoms with Gasteiger partial charge < -0.3 is 16.0 Å². The highest BCUT2D eigenvalue weighted by Gasteiger charge is 2.18. The number of nitrogens with one attached hydrogen (secondary N) is 3. The summed E-state index contributed by atoms with van der Waals surface area (Å²) in [6.07, 6.45) is 3.09. The molecule has 0 atom stereocenters. The van der Waals surface area contributed by atoms with Gasteiger partial charge in [-0.15, -0.1) is 0 Å². The largest absolute Gasteiger partial charge is 0.340 e. The average molecular weight is 450 g/mol. The maximum Gasteiger partial charge on any atom is 0.258 e. The van der Waals surface area contributed by atoms with Crippen LogP contribution < -0.4 is 16.0 Å². The molecule has 0 fully saturated rings. The summed E-state index contributed by atoms with van der Waals surface area (Å²) in [7, 11) is 0. The molecule has 4 rings (SSSR count).